The molecule has 1 aliphatic rings. The summed E-state index contributed by atoms with van der Waals surface area (Å²) in [7, 11) is -0.827. The first kappa shape index (κ1) is 10.7. The molecule has 2 unspecified atom stereocenters. The Kier molecular flexibility index (Phi) is 3.87. The van der Waals surface area contributed by atoms with E-state index in [0.29, 0.717) is 12.3 Å². The summed E-state index contributed by atoms with van der Waals surface area (Å²) in [6, 6.07) is 0.0976. The fraction of sp³-hybridized carbons (Fsp3) is 0.875. The largest absolute Gasteiger partial charge is 0.337 e. The monoisotopic (exact) mass is 204 g/mol. The molecule has 0 saturated carbocycles. The van der Waals surface area contributed by atoms with Crippen LogP contribution in [0.3, 0.4) is 0 Å². The normalized spacial score (nSPS) is 22.9. The van der Waals surface area contributed by atoms with Gasteiger partial charge in [-0.25, -0.2) is 0 Å². The van der Waals surface area contributed by atoms with Crippen LogP contribution in [-0.2, 0) is 15.6 Å². The number of nitrogens with zero attached hydrogens (tertiary/aromatic N) is 1. The molecule has 0 aromatic carbocycles. The van der Waals surface area contributed by atoms with E-state index in [1.54, 1.807) is 11.2 Å². The highest BCUT2D eigenvalue weighted by atomic mass is 32.2. The van der Waals surface area contributed by atoms with Crippen LogP contribution >= 0.6 is 0 Å². The molecule has 1 saturated heterocycles. The predicted molar refractivity (Wildman–Crippen MR) is 53.0 cm³/mol. The zero-order valence-electron chi connectivity index (χ0n) is 8.08. The molecule has 76 valence electrons. The van der Waals surface area contributed by atoms with Crippen molar-refractivity contribution in [3.8, 4) is 0 Å². The van der Waals surface area contributed by atoms with Gasteiger partial charge < -0.3 is 10.2 Å². The Bertz CT molecular complexity index is 220. The minimum atomic E-state index is -0.827. The Hall–Kier alpha value is -0.420. The van der Waals surface area contributed by atoms with Gasteiger partial charge in [0.05, 0.1) is 6.54 Å². The standard InChI is InChI=1S/C8H16N2O2S/c1-7(6-13(2)12)10-4-3-9-5-8(10)11/h7,9H,3-6H2,1-2H3. The molecule has 13 heavy (non-hydrogen) atoms. The van der Waals surface area contributed by atoms with Crippen molar-refractivity contribution < 1.29 is 9.00 Å². The van der Waals surface area contributed by atoms with Crippen LogP contribution in [0.25, 0.3) is 0 Å². The van der Waals surface area contributed by atoms with Gasteiger partial charge in [-0.15, -0.1) is 0 Å². The first-order valence-electron chi connectivity index (χ1n) is 4.41. The molecule has 0 aromatic rings. The highest BCUT2D eigenvalue weighted by molar-refractivity contribution is 7.84. The SMILES string of the molecule is CC(CS(C)=O)N1CCNCC1=O. The third kappa shape index (κ3) is 3.08. The molecule has 4 nitrogen and oxygen atoms in total. The summed E-state index contributed by atoms with van der Waals surface area (Å²) in [5, 5.41) is 3.01. The van der Waals surface area contributed by atoms with Crippen LogP contribution in [0.1, 0.15) is 6.92 Å². The summed E-state index contributed by atoms with van der Waals surface area (Å²) in [6.45, 7) is 3.94. The zero-order valence-corrected chi connectivity index (χ0v) is 8.89. The molecule has 1 rings (SSSR count). The van der Waals surface area contributed by atoms with Gasteiger partial charge in [0, 0.05) is 41.9 Å². The van der Waals surface area contributed by atoms with Crippen LogP contribution in [0.4, 0.5) is 0 Å². The third-order valence-electron chi connectivity index (χ3n) is 2.13. The second-order valence-electron chi connectivity index (χ2n) is 3.35. The molecular formula is C8H16N2O2S. The van der Waals surface area contributed by atoms with Crippen molar-refractivity contribution >= 4 is 16.7 Å². The van der Waals surface area contributed by atoms with E-state index in [9.17, 15) is 9.00 Å². The lowest BCUT2D eigenvalue weighted by Crippen LogP contribution is -2.52. The smallest absolute Gasteiger partial charge is 0.236 e. The Balaban J connectivity index is 2.48. The third-order valence-corrected chi connectivity index (χ3v) is 3.09. The minimum absolute atomic E-state index is 0.0976. The molecule has 2 atom stereocenters. The zero-order chi connectivity index (χ0) is 9.84. The number of piperazine rings is 1. The molecule has 1 amide bonds. The Morgan fingerprint density at radius 1 is 1.69 bits per heavy atom. The fourth-order valence-electron chi connectivity index (χ4n) is 1.52. The fourth-order valence-corrected chi connectivity index (χ4v) is 2.38. The van der Waals surface area contributed by atoms with Crippen molar-refractivity contribution in [3.05, 3.63) is 0 Å². The molecule has 1 fully saturated rings. The second-order valence-corrected chi connectivity index (χ2v) is 4.83. The highest BCUT2D eigenvalue weighted by Gasteiger charge is 2.22. The van der Waals surface area contributed by atoms with Crippen LogP contribution in [-0.4, -0.2) is 52.7 Å². The molecule has 0 radical (unpaired) electrons. The highest BCUT2D eigenvalue weighted by Crippen LogP contribution is 2.03. The van der Waals surface area contributed by atoms with E-state index in [0.717, 1.165) is 13.1 Å². The second kappa shape index (κ2) is 4.72. The molecule has 0 aromatic heterocycles. The van der Waals surface area contributed by atoms with Gasteiger partial charge in [-0.3, -0.25) is 9.00 Å². The average molecular weight is 204 g/mol. The first-order valence-corrected chi connectivity index (χ1v) is 6.14. The van der Waals surface area contributed by atoms with Crippen LogP contribution in [0, 0.1) is 0 Å². The van der Waals surface area contributed by atoms with Crippen molar-refractivity contribution in [1.29, 1.82) is 0 Å². The molecular weight excluding hydrogens is 188 g/mol. The maximum Gasteiger partial charge on any atom is 0.236 e. The number of carbonyl (C=O) groups excluding carboxylic acids is 1. The Labute approximate surface area is 81.1 Å². The molecule has 1 heterocycles. The van der Waals surface area contributed by atoms with Gasteiger partial charge in [0.1, 0.15) is 0 Å². The molecule has 0 bridgehead atoms. The van der Waals surface area contributed by atoms with E-state index in [1.165, 1.54) is 0 Å². The van der Waals surface area contributed by atoms with Gasteiger partial charge in [0.15, 0.2) is 0 Å². The van der Waals surface area contributed by atoms with Crippen molar-refractivity contribution in [2.24, 2.45) is 0 Å². The summed E-state index contributed by atoms with van der Waals surface area (Å²) < 4.78 is 11.0. The van der Waals surface area contributed by atoms with Crippen LogP contribution in [0.15, 0.2) is 0 Å². The molecule has 0 aliphatic carbocycles. The van der Waals surface area contributed by atoms with Gasteiger partial charge in [0.25, 0.3) is 0 Å². The van der Waals surface area contributed by atoms with Crippen molar-refractivity contribution in [1.82, 2.24) is 10.2 Å². The Morgan fingerprint density at radius 2 is 2.38 bits per heavy atom. The molecule has 1 aliphatic heterocycles. The van der Waals surface area contributed by atoms with Gasteiger partial charge in [0.2, 0.25) is 5.91 Å². The van der Waals surface area contributed by atoms with E-state index in [2.05, 4.69) is 5.32 Å². The van der Waals surface area contributed by atoms with Gasteiger partial charge in [-0.1, -0.05) is 0 Å². The molecule has 5 heteroatoms. The van der Waals surface area contributed by atoms with Crippen LogP contribution in [0.5, 0.6) is 0 Å². The number of carbonyl (C=O) groups is 1. The van der Waals surface area contributed by atoms with Gasteiger partial charge >= 0.3 is 0 Å². The summed E-state index contributed by atoms with van der Waals surface area (Å²) in [6.07, 6.45) is 1.67. The van der Waals surface area contributed by atoms with Gasteiger partial charge in [-0.2, -0.15) is 0 Å². The van der Waals surface area contributed by atoms with Gasteiger partial charge in [-0.05, 0) is 6.92 Å². The molecule has 1 N–H and O–H groups in total. The maximum atomic E-state index is 11.4. The van der Waals surface area contributed by atoms with E-state index < -0.39 is 10.8 Å². The van der Waals surface area contributed by atoms with E-state index in [1.807, 2.05) is 6.92 Å². The Morgan fingerprint density at radius 3 is 2.92 bits per heavy atom. The quantitative estimate of drug-likeness (QED) is 0.654. The van der Waals surface area contributed by atoms with E-state index >= 15 is 0 Å². The summed E-state index contributed by atoms with van der Waals surface area (Å²) in [4.78, 5) is 13.2. The topological polar surface area (TPSA) is 49.4 Å². The average Bonchev–Trinajstić information content (AvgIpc) is 2.03. The first-order chi connectivity index (χ1) is 6.11. The number of nitrogens with one attached hydrogen (secondary N) is 1. The number of hydrogen-bond acceptors (Lipinski definition) is 3. The summed E-state index contributed by atoms with van der Waals surface area (Å²) in [5.74, 6) is 0.690. The van der Waals surface area contributed by atoms with Crippen molar-refractivity contribution in [2.75, 3.05) is 31.6 Å². The number of rotatable bonds is 3. The molecule has 0 spiro atoms. The lowest BCUT2D eigenvalue weighted by molar-refractivity contribution is -0.133. The lowest BCUT2D eigenvalue weighted by atomic mass is 10.2. The van der Waals surface area contributed by atoms with Crippen molar-refractivity contribution in [2.45, 2.75) is 13.0 Å². The number of amides is 1. The summed E-state index contributed by atoms with van der Waals surface area (Å²) in [5.41, 5.74) is 0. The number of hydrogen-bond donors (Lipinski definition) is 1. The predicted octanol–water partition coefficient (Wildman–Crippen LogP) is -0.815. The van der Waals surface area contributed by atoms with E-state index in [-0.39, 0.29) is 11.9 Å². The van der Waals surface area contributed by atoms with Crippen LogP contribution in [0.2, 0.25) is 0 Å². The maximum absolute atomic E-state index is 11.4. The van der Waals surface area contributed by atoms with Crippen molar-refractivity contribution in [3.63, 3.8) is 0 Å². The lowest BCUT2D eigenvalue weighted by Gasteiger charge is -2.32. The summed E-state index contributed by atoms with van der Waals surface area (Å²) >= 11 is 0. The van der Waals surface area contributed by atoms with E-state index in [4.69, 9.17) is 0 Å². The minimum Gasteiger partial charge on any atom is -0.337 e. The van der Waals surface area contributed by atoms with Crippen LogP contribution < -0.4 is 5.32 Å².